The molecule has 108 valence electrons. The van der Waals surface area contributed by atoms with Crippen molar-refractivity contribution < 1.29 is 0 Å². The molecule has 2 heteroatoms. The smallest absolute Gasteiger partial charge is 0.0318 e. The van der Waals surface area contributed by atoms with Crippen molar-refractivity contribution in [3.05, 3.63) is 23.0 Å². The first-order valence-electron chi connectivity index (χ1n) is 7.82. The van der Waals surface area contributed by atoms with Crippen LogP contribution in [0.4, 0.5) is 0 Å². The van der Waals surface area contributed by atoms with Crippen molar-refractivity contribution in [2.24, 2.45) is 17.1 Å². The minimum atomic E-state index is 0.223. The monoisotopic (exact) mass is 262 g/mol. The van der Waals surface area contributed by atoms with Gasteiger partial charge in [-0.15, -0.1) is 0 Å². The highest BCUT2D eigenvalue weighted by molar-refractivity contribution is 5.34. The molecule has 1 unspecified atom stereocenters. The molecule has 0 aliphatic heterocycles. The first-order valence-corrected chi connectivity index (χ1v) is 7.82. The fraction of sp³-hybridized carbons (Fsp3) is 0.765. The van der Waals surface area contributed by atoms with Crippen molar-refractivity contribution in [1.29, 1.82) is 0 Å². The normalized spacial score (nSPS) is 21.7. The zero-order valence-electron chi connectivity index (χ0n) is 13.3. The Kier molecular flexibility index (Phi) is 4.10. The lowest BCUT2D eigenvalue weighted by atomic mass is 9.74. The summed E-state index contributed by atoms with van der Waals surface area (Å²) in [7, 11) is 0. The van der Waals surface area contributed by atoms with Crippen molar-refractivity contribution in [3.8, 4) is 0 Å². The van der Waals surface area contributed by atoms with Gasteiger partial charge in [0.05, 0.1) is 0 Å². The lowest BCUT2D eigenvalue weighted by Gasteiger charge is -2.35. The molecule has 19 heavy (non-hydrogen) atoms. The quantitative estimate of drug-likeness (QED) is 0.866. The number of rotatable bonds is 4. The second-order valence-corrected chi connectivity index (χ2v) is 7.13. The van der Waals surface area contributed by atoms with E-state index in [1.54, 1.807) is 0 Å². The SMILES string of the molecule is CCC(CC)Cn1c(C)cc2c1CC(C)(C)CC2N. The number of nitrogens with two attached hydrogens (primary N) is 1. The summed E-state index contributed by atoms with van der Waals surface area (Å²) in [5.41, 5.74) is 11.0. The van der Waals surface area contributed by atoms with Gasteiger partial charge in [0.15, 0.2) is 0 Å². The maximum absolute atomic E-state index is 6.39. The first-order chi connectivity index (χ1) is 8.88. The maximum Gasteiger partial charge on any atom is 0.0318 e. The van der Waals surface area contributed by atoms with Crippen molar-refractivity contribution in [1.82, 2.24) is 4.57 Å². The summed E-state index contributed by atoms with van der Waals surface area (Å²) < 4.78 is 2.55. The van der Waals surface area contributed by atoms with E-state index in [-0.39, 0.29) is 6.04 Å². The molecule has 0 spiro atoms. The summed E-state index contributed by atoms with van der Waals surface area (Å²) in [6.07, 6.45) is 4.80. The molecule has 0 saturated carbocycles. The van der Waals surface area contributed by atoms with Gasteiger partial charge in [-0.05, 0) is 42.7 Å². The van der Waals surface area contributed by atoms with Crippen LogP contribution in [-0.4, -0.2) is 4.57 Å². The van der Waals surface area contributed by atoms with Gasteiger partial charge in [-0.3, -0.25) is 0 Å². The second-order valence-electron chi connectivity index (χ2n) is 7.13. The van der Waals surface area contributed by atoms with Gasteiger partial charge in [0.2, 0.25) is 0 Å². The minimum absolute atomic E-state index is 0.223. The summed E-state index contributed by atoms with van der Waals surface area (Å²) >= 11 is 0. The highest BCUT2D eigenvalue weighted by Gasteiger charge is 2.33. The molecule has 1 aliphatic rings. The van der Waals surface area contributed by atoms with Crippen LogP contribution in [0.5, 0.6) is 0 Å². The van der Waals surface area contributed by atoms with Crippen LogP contribution < -0.4 is 5.73 Å². The third kappa shape index (κ3) is 2.89. The Hall–Kier alpha value is -0.760. The molecule has 0 saturated heterocycles. The van der Waals surface area contributed by atoms with Crippen LogP contribution >= 0.6 is 0 Å². The van der Waals surface area contributed by atoms with E-state index in [0.29, 0.717) is 5.41 Å². The van der Waals surface area contributed by atoms with Gasteiger partial charge in [-0.25, -0.2) is 0 Å². The van der Waals surface area contributed by atoms with E-state index in [1.165, 1.54) is 36.2 Å². The zero-order chi connectivity index (χ0) is 14.2. The van der Waals surface area contributed by atoms with Gasteiger partial charge in [0.1, 0.15) is 0 Å². The Labute approximate surface area is 118 Å². The number of fused-ring (bicyclic) bond motifs is 1. The van der Waals surface area contributed by atoms with E-state index in [0.717, 1.165) is 18.9 Å². The molecule has 1 aromatic rings. The molecule has 1 atom stereocenters. The number of aromatic nitrogens is 1. The summed E-state index contributed by atoms with van der Waals surface area (Å²) in [6, 6.07) is 2.55. The Balaban J connectivity index is 2.36. The lowest BCUT2D eigenvalue weighted by Crippen LogP contribution is -2.31. The largest absolute Gasteiger partial charge is 0.348 e. The van der Waals surface area contributed by atoms with Gasteiger partial charge >= 0.3 is 0 Å². The Morgan fingerprint density at radius 2 is 2.00 bits per heavy atom. The van der Waals surface area contributed by atoms with Crippen LogP contribution in [0.2, 0.25) is 0 Å². The third-order valence-corrected chi connectivity index (χ3v) is 4.86. The van der Waals surface area contributed by atoms with E-state index in [9.17, 15) is 0 Å². The highest BCUT2D eigenvalue weighted by atomic mass is 15.0. The highest BCUT2D eigenvalue weighted by Crippen LogP contribution is 2.41. The van der Waals surface area contributed by atoms with Gasteiger partial charge in [-0.2, -0.15) is 0 Å². The predicted molar refractivity (Wildman–Crippen MR) is 82.3 cm³/mol. The molecule has 0 aromatic carbocycles. The molecule has 0 bridgehead atoms. The van der Waals surface area contributed by atoms with Crippen molar-refractivity contribution in [2.45, 2.75) is 72.9 Å². The number of nitrogens with zero attached hydrogens (tertiary/aromatic N) is 1. The standard InChI is InChI=1S/C17H30N2/c1-6-13(7-2)11-19-12(3)8-14-15(18)9-17(4,5)10-16(14)19/h8,13,15H,6-7,9-11,18H2,1-5H3. The first kappa shape index (κ1) is 14.6. The zero-order valence-corrected chi connectivity index (χ0v) is 13.3. The average molecular weight is 262 g/mol. The van der Waals surface area contributed by atoms with Crippen LogP contribution in [0.15, 0.2) is 6.07 Å². The summed E-state index contributed by atoms with van der Waals surface area (Å²) in [5, 5.41) is 0. The second kappa shape index (κ2) is 5.32. The number of hydrogen-bond acceptors (Lipinski definition) is 1. The summed E-state index contributed by atoms with van der Waals surface area (Å²) in [4.78, 5) is 0. The molecular weight excluding hydrogens is 232 g/mol. The molecule has 2 rings (SSSR count). The molecule has 1 aromatic heterocycles. The van der Waals surface area contributed by atoms with E-state index in [1.807, 2.05) is 0 Å². The van der Waals surface area contributed by atoms with Gasteiger partial charge in [0, 0.05) is 24.0 Å². The van der Waals surface area contributed by atoms with Crippen LogP contribution in [0.1, 0.15) is 70.0 Å². The van der Waals surface area contributed by atoms with Crippen LogP contribution in [0.25, 0.3) is 0 Å². The minimum Gasteiger partial charge on any atom is -0.348 e. The molecule has 1 aliphatic carbocycles. The van der Waals surface area contributed by atoms with E-state index >= 15 is 0 Å². The fourth-order valence-electron chi connectivity index (χ4n) is 3.56. The van der Waals surface area contributed by atoms with Gasteiger partial charge in [0.25, 0.3) is 0 Å². The van der Waals surface area contributed by atoms with E-state index in [2.05, 4.69) is 45.3 Å². The Bertz CT molecular complexity index is 438. The Morgan fingerprint density at radius 3 is 2.58 bits per heavy atom. The molecule has 0 fully saturated rings. The van der Waals surface area contributed by atoms with Gasteiger partial charge < -0.3 is 10.3 Å². The predicted octanol–water partition coefficient (Wildman–Crippen LogP) is 4.20. The number of aryl methyl sites for hydroxylation is 1. The fourth-order valence-corrected chi connectivity index (χ4v) is 3.56. The van der Waals surface area contributed by atoms with Crippen LogP contribution in [0, 0.1) is 18.3 Å². The van der Waals surface area contributed by atoms with Crippen molar-refractivity contribution >= 4 is 0 Å². The summed E-state index contributed by atoms with van der Waals surface area (Å²) in [6.45, 7) is 12.7. The summed E-state index contributed by atoms with van der Waals surface area (Å²) in [5.74, 6) is 0.788. The Morgan fingerprint density at radius 1 is 1.37 bits per heavy atom. The molecule has 2 N–H and O–H groups in total. The topological polar surface area (TPSA) is 30.9 Å². The van der Waals surface area contributed by atoms with Gasteiger partial charge in [-0.1, -0.05) is 40.5 Å². The molecule has 0 radical (unpaired) electrons. The lowest BCUT2D eigenvalue weighted by molar-refractivity contribution is 0.271. The molecule has 0 amide bonds. The van der Waals surface area contributed by atoms with E-state index < -0.39 is 0 Å². The average Bonchev–Trinajstić information content (AvgIpc) is 2.62. The maximum atomic E-state index is 6.39. The van der Waals surface area contributed by atoms with Crippen molar-refractivity contribution in [3.63, 3.8) is 0 Å². The molecule has 1 heterocycles. The van der Waals surface area contributed by atoms with Crippen LogP contribution in [0.3, 0.4) is 0 Å². The molecule has 2 nitrogen and oxygen atoms in total. The number of hydrogen-bond donors (Lipinski definition) is 1. The third-order valence-electron chi connectivity index (χ3n) is 4.86. The van der Waals surface area contributed by atoms with E-state index in [4.69, 9.17) is 5.73 Å². The molecular formula is C17H30N2. The van der Waals surface area contributed by atoms with Crippen molar-refractivity contribution in [2.75, 3.05) is 0 Å². The van der Waals surface area contributed by atoms with Crippen LogP contribution in [-0.2, 0) is 13.0 Å².